The third-order valence-electron chi connectivity index (χ3n) is 4.79. The highest BCUT2D eigenvalue weighted by Gasteiger charge is 2.73. The Kier molecular flexibility index (Phi) is 4.30. The van der Waals surface area contributed by atoms with Gasteiger partial charge in [-0.3, -0.25) is 4.84 Å². The molecule has 23 heavy (non-hydrogen) atoms. The van der Waals surface area contributed by atoms with Crippen molar-refractivity contribution in [1.82, 2.24) is 5.06 Å². The molecule has 2 aliphatic heterocycles. The fraction of sp³-hybridized carbons (Fsp3) is 0.526. The first-order chi connectivity index (χ1) is 11.0. The molecule has 0 spiro atoms. The number of ether oxygens (including phenoxy) is 1. The van der Waals surface area contributed by atoms with E-state index in [-0.39, 0.29) is 5.97 Å². The summed E-state index contributed by atoms with van der Waals surface area (Å²) in [6, 6.07) is 10.2. The van der Waals surface area contributed by atoms with Crippen molar-refractivity contribution in [1.29, 1.82) is 0 Å². The lowest BCUT2D eigenvalue weighted by Gasteiger charge is -2.27. The number of hydroxylamine groups is 2. The third kappa shape index (κ3) is 2.70. The first kappa shape index (κ1) is 16.2. The molecule has 2 saturated heterocycles. The van der Waals surface area contributed by atoms with Gasteiger partial charge in [-0.2, -0.15) is 0 Å². The van der Waals surface area contributed by atoms with Crippen LogP contribution in [-0.4, -0.2) is 23.2 Å². The Morgan fingerprint density at radius 3 is 2.65 bits per heavy atom. The van der Waals surface area contributed by atoms with Crippen molar-refractivity contribution < 1.29 is 14.4 Å². The molecule has 0 aromatic heterocycles. The monoisotopic (exact) mass is 315 g/mol. The van der Waals surface area contributed by atoms with Gasteiger partial charge in [-0.05, 0) is 40.0 Å². The van der Waals surface area contributed by atoms with Gasteiger partial charge in [0.15, 0.2) is 5.72 Å². The second-order valence-electron chi connectivity index (χ2n) is 6.61. The van der Waals surface area contributed by atoms with Crippen molar-refractivity contribution >= 4 is 5.97 Å². The maximum Gasteiger partial charge on any atom is 0.329 e. The molecule has 1 aromatic carbocycles. The predicted octanol–water partition coefficient (Wildman–Crippen LogP) is 3.93. The molecule has 4 nitrogen and oxygen atoms in total. The molecule has 0 aliphatic carbocycles. The molecule has 1 unspecified atom stereocenters. The summed E-state index contributed by atoms with van der Waals surface area (Å²) in [4.78, 5) is 18.7. The number of hydrogen-bond donors (Lipinski definition) is 0. The fourth-order valence-corrected chi connectivity index (χ4v) is 3.58. The van der Waals surface area contributed by atoms with Crippen LogP contribution in [0.5, 0.6) is 0 Å². The zero-order chi connectivity index (χ0) is 16.5. The standard InChI is InChI=1S/C19H25NO3/c1-4-22-17(21)18(12-8-9-15(2)3)13-14-19(20(18)23-19)16-10-6-5-7-11-16/h5-7,9-11H,4,8,12-14H2,1-3H3/t18-,19+,20?/m1/s1. The minimum atomic E-state index is -0.655. The molecule has 0 bridgehead atoms. The average Bonchev–Trinajstić information content (AvgIpc) is 3.20. The highest BCUT2D eigenvalue weighted by molar-refractivity contribution is 5.82. The van der Waals surface area contributed by atoms with E-state index < -0.39 is 11.3 Å². The minimum absolute atomic E-state index is 0.155. The number of hydrogen-bond acceptors (Lipinski definition) is 4. The number of carbonyl (C=O) groups excluding carboxylic acids is 1. The summed E-state index contributed by atoms with van der Waals surface area (Å²) in [5.41, 5.74) is 1.30. The molecule has 0 saturated carbocycles. The summed E-state index contributed by atoms with van der Waals surface area (Å²) < 4.78 is 5.38. The maximum absolute atomic E-state index is 12.7. The van der Waals surface area contributed by atoms with E-state index in [9.17, 15) is 4.79 Å². The molecule has 0 amide bonds. The zero-order valence-electron chi connectivity index (χ0n) is 14.2. The average molecular weight is 315 g/mol. The van der Waals surface area contributed by atoms with Gasteiger partial charge < -0.3 is 4.74 Å². The van der Waals surface area contributed by atoms with Crippen LogP contribution in [0.1, 0.15) is 52.0 Å². The van der Waals surface area contributed by atoms with E-state index >= 15 is 0 Å². The first-order valence-corrected chi connectivity index (χ1v) is 8.41. The normalized spacial score (nSPS) is 31.3. The summed E-state index contributed by atoms with van der Waals surface area (Å²) in [6.45, 7) is 6.40. The van der Waals surface area contributed by atoms with Crippen LogP contribution in [0.2, 0.25) is 0 Å². The van der Waals surface area contributed by atoms with Crippen LogP contribution in [0.15, 0.2) is 42.0 Å². The van der Waals surface area contributed by atoms with Gasteiger partial charge in [0.1, 0.15) is 5.54 Å². The lowest BCUT2D eigenvalue weighted by Crippen LogP contribution is -2.45. The van der Waals surface area contributed by atoms with Crippen molar-refractivity contribution in [2.24, 2.45) is 0 Å². The molecule has 2 heterocycles. The van der Waals surface area contributed by atoms with Crippen molar-refractivity contribution in [3.05, 3.63) is 47.5 Å². The SMILES string of the molecule is CCOC(=O)[C@@]1(CCC=C(C)C)CC[C@@]2(c3ccccc3)ON12. The van der Waals surface area contributed by atoms with E-state index in [1.54, 1.807) is 0 Å². The van der Waals surface area contributed by atoms with Crippen LogP contribution < -0.4 is 0 Å². The van der Waals surface area contributed by atoms with Gasteiger partial charge in [0, 0.05) is 12.0 Å². The summed E-state index contributed by atoms with van der Waals surface area (Å²) in [7, 11) is 0. The van der Waals surface area contributed by atoms with E-state index in [2.05, 4.69) is 32.1 Å². The molecule has 3 rings (SSSR count). The van der Waals surface area contributed by atoms with E-state index in [0.29, 0.717) is 6.61 Å². The lowest BCUT2D eigenvalue weighted by atomic mass is 9.90. The molecule has 4 heteroatoms. The van der Waals surface area contributed by atoms with Crippen molar-refractivity contribution in [3.63, 3.8) is 0 Å². The molecule has 124 valence electrons. The number of fused-ring (bicyclic) bond motifs is 1. The molecular weight excluding hydrogens is 290 g/mol. The number of esters is 1. The summed E-state index contributed by atoms with van der Waals surface area (Å²) in [5, 5.41) is 1.90. The zero-order valence-corrected chi connectivity index (χ0v) is 14.2. The largest absolute Gasteiger partial charge is 0.465 e. The molecule has 1 aromatic rings. The van der Waals surface area contributed by atoms with Gasteiger partial charge in [0.25, 0.3) is 0 Å². The Bertz CT molecular complexity index is 608. The molecule has 0 radical (unpaired) electrons. The van der Waals surface area contributed by atoms with Gasteiger partial charge in [-0.1, -0.05) is 42.0 Å². The van der Waals surface area contributed by atoms with Crippen molar-refractivity contribution in [2.75, 3.05) is 6.61 Å². The Hall–Kier alpha value is -1.65. The van der Waals surface area contributed by atoms with Gasteiger partial charge in [0.05, 0.1) is 6.61 Å². The number of carbonyl (C=O) groups is 1. The van der Waals surface area contributed by atoms with Gasteiger partial charge in [-0.15, -0.1) is 5.06 Å². The van der Waals surface area contributed by atoms with Crippen molar-refractivity contribution in [3.8, 4) is 0 Å². The number of nitrogens with zero attached hydrogens (tertiary/aromatic N) is 1. The second-order valence-corrected chi connectivity index (χ2v) is 6.61. The summed E-state index contributed by atoms with van der Waals surface area (Å²) >= 11 is 0. The first-order valence-electron chi connectivity index (χ1n) is 8.41. The maximum atomic E-state index is 12.7. The molecule has 2 aliphatic rings. The number of rotatable bonds is 6. The van der Waals surface area contributed by atoms with Gasteiger partial charge >= 0.3 is 5.97 Å². The van der Waals surface area contributed by atoms with Gasteiger partial charge in [-0.25, -0.2) is 4.79 Å². The Balaban J connectivity index is 1.84. The van der Waals surface area contributed by atoms with Crippen molar-refractivity contribution in [2.45, 2.75) is 57.7 Å². The Labute approximate surface area is 138 Å². The Morgan fingerprint density at radius 2 is 2.04 bits per heavy atom. The molecular formula is C19H25NO3. The highest BCUT2D eigenvalue weighted by atomic mass is 16.9. The molecule has 0 N–H and O–H groups in total. The second kappa shape index (κ2) is 6.10. The van der Waals surface area contributed by atoms with Crippen LogP contribution in [-0.2, 0) is 20.1 Å². The Morgan fingerprint density at radius 1 is 1.30 bits per heavy atom. The van der Waals surface area contributed by atoms with Crippen LogP contribution in [0.25, 0.3) is 0 Å². The van der Waals surface area contributed by atoms with Gasteiger partial charge in [0.2, 0.25) is 0 Å². The fourth-order valence-electron chi connectivity index (χ4n) is 3.58. The lowest BCUT2D eigenvalue weighted by molar-refractivity contribution is -0.159. The van der Waals surface area contributed by atoms with Crippen LogP contribution in [0.4, 0.5) is 0 Å². The molecule has 3 atom stereocenters. The predicted molar refractivity (Wildman–Crippen MR) is 88.3 cm³/mol. The topological polar surface area (TPSA) is 41.8 Å². The third-order valence-corrected chi connectivity index (χ3v) is 4.79. The molecule has 2 fully saturated rings. The summed E-state index contributed by atoms with van der Waals surface area (Å²) in [5.74, 6) is -0.155. The quantitative estimate of drug-likeness (QED) is 0.453. The number of benzene rings is 1. The van der Waals surface area contributed by atoms with E-state index in [1.807, 2.05) is 30.2 Å². The van der Waals surface area contributed by atoms with E-state index in [1.165, 1.54) is 5.57 Å². The summed E-state index contributed by atoms with van der Waals surface area (Å²) in [6.07, 6.45) is 5.35. The van der Waals surface area contributed by atoms with E-state index in [4.69, 9.17) is 9.57 Å². The van der Waals surface area contributed by atoms with Crippen LogP contribution in [0, 0.1) is 0 Å². The van der Waals surface area contributed by atoms with Crippen LogP contribution in [0.3, 0.4) is 0 Å². The minimum Gasteiger partial charge on any atom is -0.465 e. The highest BCUT2D eigenvalue weighted by Crippen LogP contribution is 2.61. The smallest absolute Gasteiger partial charge is 0.329 e. The number of allylic oxidation sites excluding steroid dienone is 2. The van der Waals surface area contributed by atoms with Crippen LogP contribution >= 0.6 is 0 Å². The van der Waals surface area contributed by atoms with E-state index in [0.717, 1.165) is 31.2 Å².